The van der Waals surface area contributed by atoms with Crippen molar-refractivity contribution in [3.8, 4) is 0 Å². The van der Waals surface area contributed by atoms with E-state index in [2.05, 4.69) is 34.0 Å². The van der Waals surface area contributed by atoms with E-state index >= 15 is 0 Å². The van der Waals surface area contributed by atoms with Gasteiger partial charge in [-0.25, -0.2) is 9.97 Å². The summed E-state index contributed by atoms with van der Waals surface area (Å²) < 4.78 is 0. The molecule has 0 saturated carbocycles. The Balaban J connectivity index is 2.32. The van der Waals surface area contributed by atoms with Crippen molar-refractivity contribution >= 4 is 11.6 Å². The van der Waals surface area contributed by atoms with E-state index in [1.807, 2.05) is 7.05 Å². The van der Waals surface area contributed by atoms with Crippen molar-refractivity contribution in [2.24, 2.45) is 0 Å². The molecular formula is C12H20N4. The van der Waals surface area contributed by atoms with E-state index in [1.54, 1.807) is 6.33 Å². The first-order chi connectivity index (χ1) is 7.77. The standard InChI is InChI=1S/C12H20N4/c1-4-10-6-5-7-16(10)12-9(2)11(13-3)14-8-15-12/h8,10H,4-7H2,1-3H3,(H,13,14,15). The second-order valence-corrected chi connectivity index (χ2v) is 4.32. The third-order valence-electron chi connectivity index (χ3n) is 3.41. The van der Waals surface area contributed by atoms with Crippen LogP contribution in [0.1, 0.15) is 31.7 Å². The zero-order valence-corrected chi connectivity index (χ0v) is 10.3. The van der Waals surface area contributed by atoms with Gasteiger partial charge in [-0.05, 0) is 26.2 Å². The summed E-state index contributed by atoms with van der Waals surface area (Å²) in [5.41, 5.74) is 1.16. The van der Waals surface area contributed by atoms with Crippen molar-refractivity contribution in [1.82, 2.24) is 9.97 Å². The predicted molar refractivity (Wildman–Crippen MR) is 67.0 cm³/mol. The van der Waals surface area contributed by atoms with Gasteiger partial charge in [0.1, 0.15) is 18.0 Å². The first kappa shape index (κ1) is 11.2. The fourth-order valence-electron chi connectivity index (χ4n) is 2.52. The molecule has 1 aromatic heterocycles. The number of hydrogen-bond donors (Lipinski definition) is 1. The maximum Gasteiger partial charge on any atom is 0.137 e. The van der Waals surface area contributed by atoms with E-state index in [4.69, 9.17) is 0 Å². The van der Waals surface area contributed by atoms with Gasteiger partial charge in [-0.2, -0.15) is 0 Å². The van der Waals surface area contributed by atoms with Crippen LogP contribution in [0.15, 0.2) is 6.33 Å². The van der Waals surface area contributed by atoms with Gasteiger partial charge in [-0.3, -0.25) is 0 Å². The Bertz CT molecular complexity index is 364. The van der Waals surface area contributed by atoms with Crippen molar-refractivity contribution < 1.29 is 0 Å². The Kier molecular flexibility index (Phi) is 3.27. The molecule has 0 aromatic carbocycles. The fourth-order valence-corrected chi connectivity index (χ4v) is 2.52. The second kappa shape index (κ2) is 4.68. The molecule has 0 bridgehead atoms. The molecule has 2 heterocycles. The molecule has 1 unspecified atom stereocenters. The topological polar surface area (TPSA) is 41.1 Å². The zero-order valence-electron chi connectivity index (χ0n) is 10.3. The second-order valence-electron chi connectivity index (χ2n) is 4.32. The van der Waals surface area contributed by atoms with Crippen LogP contribution in [0.2, 0.25) is 0 Å². The van der Waals surface area contributed by atoms with E-state index in [0.29, 0.717) is 6.04 Å². The molecule has 2 rings (SSSR count). The Morgan fingerprint density at radius 2 is 2.31 bits per heavy atom. The van der Waals surface area contributed by atoms with Crippen LogP contribution in [0.4, 0.5) is 11.6 Å². The number of anilines is 2. The van der Waals surface area contributed by atoms with Gasteiger partial charge < -0.3 is 10.2 Å². The Morgan fingerprint density at radius 3 is 3.00 bits per heavy atom. The molecule has 88 valence electrons. The number of aromatic nitrogens is 2. The largest absolute Gasteiger partial charge is 0.373 e. The first-order valence-corrected chi connectivity index (χ1v) is 6.04. The molecule has 0 radical (unpaired) electrons. The van der Waals surface area contributed by atoms with Gasteiger partial charge in [0.2, 0.25) is 0 Å². The molecule has 1 aromatic rings. The summed E-state index contributed by atoms with van der Waals surface area (Å²) in [7, 11) is 1.90. The monoisotopic (exact) mass is 220 g/mol. The van der Waals surface area contributed by atoms with Crippen LogP contribution in [0.5, 0.6) is 0 Å². The minimum absolute atomic E-state index is 0.651. The molecule has 4 nitrogen and oxygen atoms in total. The van der Waals surface area contributed by atoms with Crippen LogP contribution in [0.25, 0.3) is 0 Å². The molecule has 1 fully saturated rings. The molecule has 1 N–H and O–H groups in total. The minimum atomic E-state index is 0.651. The summed E-state index contributed by atoms with van der Waals surface area (Å²) in [6.07, 6.45) is 5.41. The van der Waals surface area contributed by atoms with Crippen molar-refractivity contribution in [3.05, 3.63) is 11.9 Å². The highest BCUT2D eigenvalue weighted by molar-refractivity contribution is 5.58. The molecule has 1 aliphatic rings. The van der Waals surface area contributed by atoms with Crippen LogP contribution in [-0.4, -0.2) is 29.6 Å². The van der Waals surface area contributed by atoms with Gasteiger partial charge in [0.05, 0.1) is 0 Å². The number of nitrogens with one attached hydrogen (secondary N) is 1. The molecule has 16 heavy (non-hydrogen) atoms. The summed E-state index contributed by atoms with van der Waals surface area (Å²) in [5.74, 6) is 2.04. The highest BCUT2D eigenvalue weighted by Crippen LogP contribution is 2.29. The molecule has 0 amide bonds. The lowest BCUT2D eigenvalue weighted by molar-refractivity contribution is 0.639. The lowest BCUT2D eigenvalue weighted by atomic mass is 10.1. The zero-order chi connectivity index (χ0) is 11.5. The predicted octanol–water partition coefficient (Wildman–Crippen LogP) is 2.21. The highest BCUT2D eigenvalue weighted by Gasteiger charge is 2.25. The van der Waals surface area contributed by atoms with Gasteiger partial charge in [0, 0.05) is 25.2 Å². The SMILES string of the molecule is CCC1CCCN1c1ncnc(NC)c1C. The highest BCUT2D eigenvalue weighted by atomic mass is 15.2. The van der Waals surface area contributed by atoms with E-state index in [9.17, 15) is 0 Å². The first-order valence-electron chi connectivity index (χ1n) is 6.04. The van der Waals surface area contributed by atoms with Gasteiger partial charge in [0.25, 0.3) is 0 Å². The van der Waals surface area contributed by atoms with Crippen LogP contribution in [-0.2, 0) is 0 Å². The van der Waals surface area contributed by atoms with Crippen LogP contribution < -0.4 is 10.2 Å². The third kappa shape index (κ3) is 1.84. The maximum atomic E-state index is 4.44. The normalized spacial score (nSPS) is 20.2. The van der Waals surface area contributed by atoms with Gasteiger partial charge in [0.15, 0.2) is 0 Å². The molecular weight excluding hydrogens is 200 g/mol. The van der Waals surface area contributed by atoms with E-state index in [1.165, 1.54) is 19.3 Å². The summed E-state index contributed by atoms with van der Waals surface area (Å²) >= 11 is 0. The Hall–Kier alpha value is -1.32. The van der Waals surface area contributed by atoms with Crippen LogP contribution >= 0.6 is 0 Å². The molecule has 1 saturated heterocycles. The molecule has 1 aliphatic heterocycles. The van der Waals surface area contributed by atoms with E-state index in [-0.39, 0.29) is 0 Å². The Labute approximate surface area is 97.1 Å². The summed E-state index contributed by atoms with van der Waals surface area (Å²) in [5, 5.41) is 3.11. The molecule has 4 heteroatoms. The quantitative estimate of drug-likeness (QED) is 0.848. The van der Waals surface area contributed by atoms with Crippen LogP contribution in [0.3, 0.4) is 0 Å². The summed E-state index contributed by atoms with van der Waals surface area (Å²) in [4.78, 5) is 11.1. The lowest BCUT2D eigenvalue weighted by Gasteiger charge is -2.26. The van der Waals surface area contributed by atoms with E-state index < -0.39 is 0 Å². The van der Waals surface area contributed by atoms with E-state index in [0.717, 1.165) is 23.7 Å². The van der Waals surface area contributed by atoms with Gasteiger partial charge >= 0.3 is 0 Å². The van der Waals surface area contributed by atoms with Crippen molar-refractivity contribution in [2.75, 3.05) is 23.8 Å². The molecule has 0 spiro atoms. The fraction of sp³-hybridized carbons (Fsp3) is 0.667. The van der Waals surface area contributed by atoms with Crippen molar-refractivity contribution in [1.29, 1.82) is 0 Å². The van der Waals surface area contributed by atoms with Gasteiger partial charge in [-0.15, -0.1) is 0 Å². The Morgan fingerprint density at radius 1 is 1.50 bits per heavy atom. The smallest absolute Gasteiger partial charge is 0.137 e. The van der Waals surface area contributed by atoms with Gasteiger partial charge in [-0.1, -0.05) is 6.92 Å². The van der Waals surface area contributed by atoms with Crippen LogP contribution in [0, 0.1) is 6.92 Å². The molecule has 0 aliphatic carbocycles. The lowest BCUT2D eigenvalue weighted by Crippen LogP contribution is -2.30. The number of nitrogens with zero attached hydrogens (tertiary/aromatic N) is 3. The minimum Gasteiger partial charge on any atom is -0.373 e. The summed E-state index contributed by atoms with van der Waals surface area (Å²) in [6, 6.07) is 0.651. The maximum absolute atomic E-state index is 4.44. The number of hydrogen-bond acceptors (Lipinski definition) is 4. The average Bonchev–Trinajstić information content (AvgIpc) is 2.77. The average molecular weight is 220 g/mol. The van der Waals surface area contributed by atoms with Crippen molar-refractivity contribution in [3.63, 3.8) is 0 Å². The molecule has 1 atom stereocenters. The third-order valence-corrected chi connectivity index (χ3v) is 3.41. The summed E-state index contributed by atoms with van der Waals surface area (Å²) in [6.45, 7) is 5.46. The number of rotatable bonds is 3. The van der Waals surface area contributed by atoms with Crippen molar-refractivity contribution in [2.45, 2.75) is 39.2 Å².